The molecule has 0 aliphatic heterocycles. The van der Waals surface area contributed by atoms with Crippen LogP contribution in [0.15, 0.2) is 89.8 Å². The number of benzene rings is 4. The lowest BCUT2D eigenvalue weighted by Crippen LogP contribution is -2.26. The third kappa shape index (κ3) is 6.96. The summed E-state index contributed by atoms with van der Waals surface area (Å²) < 4.78 is 41.1. The van der Waals surface area contributed by atoms with Gasteiger partial charge in [0, 0.05) is 28.6 Å². The van der Waals surface area contributed by atoms with Gasteiger partial charge in [-0.15, -0.1) is 10.2 Å². The van der Waals surface area contributed by atoms with Crippen LogP contribution in [0.1, 0.15) is 30.5 Å². The van der Waals surface area contributed by atoms with E-state index in [1.165, 1.54) is 0 Å². The van der Waals surface area contributed by atoms with Crippen LogP contribution in [0, 0.1) is 13.8 Å². The summed E-state index contributed by atoms with van der Waals surface area (Å²) in [4.78, 5) is 0.208. The fraction of sp³-hybridized carbons (Fsp3) is 0.235. The van der Waals surface area contributed by atoms with Gasteiger partial charge in [0.1, 0.15) is 5.69 Å². The molecule has 4 aromatic carbocycles. The minimum absolute atomic E-state index is 0.208. The minimum Gasteiger partial charge on any atom is -0.490 e. The quantitative estimate of drug-likeness (QED) is 0.160. The minimum atomic E-state index is -3.80. The van der Waals surface area contributed by atoms with Crippen molar-refractivity contribution in [2.75, 3.05) is 25.1 Å². The number of rotatable bonds is 12. The van der Waals surface area contributed by atoms with Crippen LogP contribution in [-0.2, 0) is 16.4 Å². The van der Waals surface area contributed by atoms with E-state index in [1.54, 1.807) is 19.1 Å². The van der Waals surface area contributed by atoms with Gasteiger partial charge in [0.2, 0.25) is 10.0 Å². The molecule has 0 aliphatic rings. The maximum absolute atomic E-state index is 13.5. The average Bonchev–Trinajstić information content (AvgIpc) is 2.99. The smallest absolute Gasteiger partial charge is 0.240 e. The molecule has 0 unspecified atom stereocenters. The van der Waals surface area contributed by atoms with Crippen LogP contribution in [0.2, 0.25) is 0 Å². The van der Waals surface area contributed by atoms with Gasteiger partial charge < -0.3 is 14.8 Å². The summed E-state index contributed by atoms with van der Waals surface area (Å²) in [5.41, 5.74) is 4.92. The molecule has 5 aromatic rings. The van der Waals surface area contributed by atoms with Crippen LogP contribution >= 0.6 is 0 Å². The highest BCUT2D eigenvalue weighted by atomic mass is 32.2. The molecule has 0 amide bonds. The van der Waals surface area contributed by atoms with E-state index in [9.17, 15) is 8.42 Å². The van der Waals surface area contributed by atoms with Crippen LogP contribution in [0.5, 0.6) is 11.5 Å². The van der Waals surface area contributed by atoms with Crippen LogP contribution < -0.4 is 19.5 Å². The fourth-order valence-corrected chi connectivity index (χ4v) is 6.26. The van der Waals surface area contributed by atoms with E-state index in [4.69, 9.17) is 9.47 Å². The molecule has 222 valence electrons. The molecule has 0 saturated carbocycles. The average molecular weight is 597 g/mol. The van der Waals surface area contributed by atoms with E-state index in [-0.39, 0.29) is 11.4 Å². The van der Waals surface area contributed by atoms with E-state index in [2.05, 4.69) is 20.2 Å². The molecule has 0 bridgehead atoms. The van der Waals surface area contributed by atoms with Crippen molar-refractivity contribution in [2.45, 2.75) is 39.0 Å². The molecule has 0 aliphatic carbocycles. The molecule has 9 heteroatoms. The Morgan fingerprint density at radius 3 is 2.30 bits per heavy atom. The summed E-state index contributed by atoms with van der Waals surface area (Å²) >= 11 is 0. The van der Waals surface area contributed by atoms with Crippen molar-refractivity contribution in [2.24, 2.45) is 0 Å². The number of nitrogens with one attached hydrogen (secondary N) is 2. The van der Waals surface area contributed by atoms with E-state index < -0.39 is 10.0 Å². The van der Waals surface area contributed by atoms with Crippen molar-refractivity contribution >= 4 is 32.3 Å². The van der Waals surface area contributed by atoms with Crippen LogP contribution in [0.25, 0.3) is 22.0 Å². The Labute approximate surface area is 253 Å². The van der Waals surface area contributed by atoms with Crippen LogP contribution in [0.4, 0.5) is 11.5 Å². The zero-order valence-electron chi connectivity index (χ0n) is 24.8. The predicted octanol–water partition coefficient (Wildman–Crippen LogP) is 6.98. The van der Waals surface area contributed by atoms with Gasteiger partial charge in [-0.05, 0) is 81.1 Å². The number of sulfonamides is 1. The SMILES string of the molecule is CCOc1ccc(CCNS(=O)(=O)c2cc(-c3nnc(Nc4cccc(C)c4)c4ccccc34)ccc2C)cc1OCC. The lowest BCUT2D eigenvalue weighted by molar-refractivity contribution is 0.287. The first-order chi connectivity index (χ1) is 20.8. The molecule has 5 rings (SSSR count). The number of hydrogen-bond donors (Lipinski definition) is 2. The third-order valence-electron chi connectivity index (χ3n) is 7.03. The van der Waals surface area contributed by atoms with Crippen LogP contribution in [0.3, 0.4) is 0 Å². The van der Waals surface area contributed by atoms with Gasteiger partial charge >= 0.3 is 0 Å². The Bertz CT molecular complexity index is 1860. The summed E-state index contributed by atoms with van der Waals surface area (Å²) in [6, 6.07) is 26.9. The van der Waals surface area contributed by atoms with E-state index in [0.717, 1.165) is 27.6 Å². The van der Waals surface area contributed by atoms with Crippen molar-refractivity contribution in [1.82, 2.24) is 14.9 Å². The van der Waals surface area contributed by atoms with Crippen molar-refractivity contribution in [3.8, 4) is 22.8 Å². The summed E-state index contributed by atoms with van der Waals surface area (Å²) in [6.45, 7) is 8.94. The molecule has 0 fully saturated rings. The number of aromatic nitrogens is 2. The van der Waals surface area contributed by atoms with Gasteiger partial charge in [-0.1, -0.05) is 54.6 Å². The first-order valence-corrected chi connectivity index (χ1v) is 15.9. The Morgan fingerprint density at radius 2 is 1.53 bits per heavy atom. The van der Waals surface area contributed by atoms with Crippen LogP contribution in [-0.4, -0.2) is 38.4 Å². The molecule has 0 atom stereocenters. The summed E-state index contributed by atoms with van der Waals surface area (Å²) in [7, 11) is -3.80. The van der Waals surface area contributed by atoms with E-state index in [0.29, 0.717) is 53.8 Å². The van der Waals surface area contributed by atoms with Gasteiger partial charge in [-0.3, -0.25) is 0 Å². The zero-order chi connectivity index (χ0) is 30.4. The Hall–Kier alpha value is -4.47. The van der Waals surface area contributed by atoms with E-state index >= 15 is 0 Å². The van der Waals surface area contributed by atoms with Crippen molar-refractivity contribution in [3.05, 3.63) is 102 Å². The largest absolute Gasteiger partial charge is 0.490 e. The van der Waals surface area contributed by atoms with Crippen molar-refractivity contribution in [1.29, 1.82) is 0 Å². The summed E-state index contributed by atoms with van der Waals surface area (Å²) in [5.74, 6) is 1.96. The first kappa shape index (κ1) is 30.0. The second-order valence-corrected chi connectivity index (χ2v) is 11.9. The molecule has 0 radical (unpaired) electrons. The lowest BCUT2D eigenvalue weighted by Gasteiger charge is -2.14. The topological polar surface area (TPSA) is 102 Å². The number of hydrogen-bond acceptors (Lipinski definition) is 7. The lowest BCUT2D eigenvalue weighted by atomic mass is 10.0. The number of ether oxygens (including phenoxy) is 2. The Morgan fingerprint density at radius 1 is 0.767 bits per heavy atom. The monoisotopic (exact) mass is 596 g/mol. The fourth-order valence-electron chi connectivity index (χ4n) is 4.96. The second-order valence-electron chi connectivity index (χ2n) is 10.2. The summed E-state index contributed by atoms with van der Waals surface area (Å²) in [6.07, 6.45) is 0.496. The third-order valence-corrected chi connectivity index (χ3v) is 8.64. The zero-order valence-corrected chi connectivity index (χ0v) is 25.7. The van der Waals surface area contributed by atoms with Gasteiger partial charge in [0.25, 0.3) is 0 Å². The molecule has 0 spiro atoms. The second kappa shape index (κ2) is 13.2. The molecule has 2 N–H and O–H groups in total. The summed E-state index contributed by atoms with van der Waals surface area (Å²) in [5, 5.41) is 14.2. The molecule has 43 heavy (non-hydrogen) atoms. The molecular formula is C34H36N4O4S. The van der Waals surface area contributed by atoms with E-state index in [1.807, 2.05) is 93.6 Å². The number of anilines is 2. The van der Waals surface area contributed by atoms with Gasteiger partial charge in [0.05, 0.1) is 18.1 Å². The molecule has 1 heterocycles. The highest BCUT2D eigenvalue weighted by molar-refractivity contribution is 7.89. The normalized spacial score (nSPS) is 11.4. The molecule has 0 saturated heterocycles. The number of nitrogens with zero attached hydrogens (tertiary/aromatic N) is 2. The van der Waals surface area contributed by atoms with Gasteiger partial charge in [-0.25, -0.2) is 13.1 Å². The standard InChI is InChI=1S/C34H36N4O4S/c1-5-41-30-17-15-25(21-31(30)42-6-2)18-19-35-43(39,40)32-22-26(16-14-24(32)4)33-28-12-7-8-13-29(28)34(38-37-33)36-27-11-9-10-23(3)20-27/h7-17,20-22,35H,5-6,18-19H2,1-4H3,(H,36,38). The predicted molar refractivity (Wildman–Crippen MR) is 172 cm³/mol. The number of aryl methyl sites for hydroxylation is 2. The maximum Gasteiger partial charge on any atom is 0.240 e. The Balaban J connectivity index is 1.39. The Kier molecular flexibility index (Phi) is 9.23. The molecule has 8 nitrogen and oxygen atoms in total. The molecule has 1 aromatic heterocycles. The van der Waals surface area contributed by atoms with Gasteiger partial charge in [-0.2, -0.15) is 0 Å². The highest BCUT2D eigenvalue weighted by Gasteiger charge is 2.20. The highest BCUT2D eigenvalue weighted by Crippen LogP contribution is 2.33. The first-order valence-electron chi connectivity index (χ1n) is 14.4. The molecular weight excluding hydrogens is 560 g/mol. The maximum atomic E-state index is 13.5. The van der Waals surface area contributed by atoms with Gasteiger partial charge in [0.15, 0.2) is 17.3 Å². The number of fused-ring (bicyclic) bond motifs is 1. The van der Waals surface area contributed by atoms with Crippen molar-refractivity contribution in [3.63, 3.8) is 0 Å². The van der Waals surface area contributed by atoms with Crippen molar-refractivity contribution < 1.29 is 17.9 Å².